The van der Waals surface area contributed by atoms with Crippen molar-refractivity contribution in [3.63, 3.8) is 0 Å². The zero-order valence-corrected chi connectivity index (χ0v) is 12.8. The van der Waals surface area contributed by atoms with E-state index in [0.717, 1.165) is 19.0 Å². The van der Waals surface area contributed by atoms with Crippen LogP contribution in [0, 0.1) is 5.92 Å². The maximum atomic E-state index is 3.70. The minimum absolute atomic E-state index is 0.492. The molecular weight excluding hydrogens is 246 g/mol. The molecule has 0 bridgehead atoms. The van der Waals surface area contributed by atoms with E-state index in [-0.39, 0.29) is 0 Å². The molecule has 2 saturated heterocycles. The lowest BCUT2D eigenvalue weighted by Crippen LogP contribution is -2.52. The third kappa shape index (κ3) is 3.22. The molecule has 2 aliphatic heterocycles. The van der Waals surface area contributed by atoms with Crippen molar-refractivity contribution in [3.8, 4) is 0 Å². The first-order valence-corrected chi connectivity index (χ1v) is 7.93. The van der Waals surface area contributed by atoms with E-state index in [1.54, 1.807) is 0 Å². The van der Waals surface area contributed by atoms with Gasteiger partial charge in [-0.3, -0.25) is 4.90 Å². The number of nitrogens with one attached hydrogen (secondary N) is 1. The molecule has 0 amide bonds. The Labute approximate surface area is 123 Å². The van der Waals surface area contributed by atoms with Crippen LogP contribution in [-0.4, -0.2) is 55.6 Å². The Morgan fingerprint density at radius 1 is 1.20 bits per heavy atom. The van der Waals surface area contributed by atoms with Crippen LogP contribution in [0.1, 0.15) is 24.9 Å². The Morgan fingerprint density at radius 3 is 2.70 bits per heavy atom. The molecule has 110 valence electrons. The van der Waals surface area contributed by atoms with Crippen molar-refractivity contribution in [2.45, 2.75) is 25.4 Å². The van der Waals surface area contributed by atoms with Crippen molar-refractivity contribution in [1.29, 1.82) is 0 Å². The number of piperazine rings is 1. The number of likely N-dealkylation sites (tertiary alicyclic amines) is 1. The molecule has 3 nitrogen and oxygen atoms in total. The fraction of sp³-hybridized carbons (Fsp3) is 0.647. The predicted octanol–water partition coefficient (Wildman–Crippen LogP) is 1.97. The summed E-state index contributed by atoms with van der Waals surface area (Å²) in [5.41, 5.74) is 1.42. The Kier molecular flexibility index (Phi) is 4.39. The Balaban J connectivity index is 1.61. The SMILES string of the molecule is CC1CNC(c2ccccc2)CN1CC1CCN(C)C1. The molecule has 0 saturated carbocycles. The highest BCUT2D eigenvalue weighted by Crippen LogP contribution is 2.23. The van der Waals surface area contributed by atoms with Crippen LogP contribution in [0.5, 0.6) is 0 Å². The van der Waals surface area contributed by atoms with Gasteiger partial charge in [-0.2, -0.15) is 0 Å². The summed E-state index contributed by atoms with van der Waals surface area (Å²) in [5, 5.41) is 3.70. The van der Waals surface area contributed by atoms with Crippen LogP contribution >= 0.6 is 0 Å². The predicted molar refractivity (Wildman–Crippen MR) is 83.8 cm³/mol. The van der Waals surface area contributed by atoms with Gasteiger partial charge in [0.25, 0.3) is 0 Å². The lowest BCUT2D eigenvalue weighted by molar-refractivity contribution is 0.121. The summed E-state index contributed by atoms with van der Waals surface area (Å²) in [6.45, 7) is 8.40. The molecule has 0 aliphatic carbocycles. The van der Waals surface area contributed by atoms with Crippen molar-refractivity contribution in [2.75, 3.05) is 39.8 Å². The smallest absolute Gasteiger partial charge is 0.0449 e. The topological polar surface area (TPSA) is 18.5 Å². The van der Waals surface area contributed by atoms with Gasteiger partial charge in [-0.15, -0.1) is 0 Å². The number of benzene rings is 1. The van der Waals surface area contributed by atoms with E-state index in [0.29, 0.717) is 12.1 Å². The molecule has 1 N–H and O–H groups in total. The van der Waals surface area contributed by atoms with Crippen molar-refractivity contribution >= 4 is 0 Å². The molecule has 3 heteroatoms. The van der Waals surface area contributed by atoms with E-state index in [4.69, 9.17) is 0 Å². The summed E-state index contributed by atoms with van der Waals surface area (Å²) < 4.78 is 0. The van der Waals surface area contributed by atoms with Gasteiger partial charge >= 0.3 is 0 Å². The van der Waals surface area contributed by atoms with Crippen LogP contribution in [0.2, 0.25) is 0 Å². The molecule has 20 heavy (non-hydrogen) atoms. The normalized spacial score (nSPS) is 32.6. The fourth-order valence-electron chi connectivity index (χ4n) is 3.59. The van der Waals surface area contributed by atoms with Gasteiger partial charge < -0.3 is 10.2 Å². The third-order valence-corrected chi connectivity index (χ3v) is 4.88. The first-order chi connectivity index (χ1) is 9.72. The van der Waals surface area contributed by atoms with E-state index in [1.165, 1.54) is 31.6 Å². The Bertz CT molecular complexity index is 420. The van der Waals surface area contributed by atoms with Gasteiger partial charge in [0.15, 0.2) is 0 Å². The van der Waals surface area contributed by atoms with Crippen molar-refractivity contribution in [1.82, 2.24) is 15.1 Å². The quantitative estimate of drug-likeness (QED) is 0.908. The molecule has 0 spiro atoms. The summed E-state index contributed by atoms with van der Waals surface area (Å²) in [7, 11) is 2.24. The molecule has 2 aliphatic rings. The van der Waals surface area contributed by atoms with Gasteiger partial charge in [-0.25, -0.2) is 0 Å². The lowest BCUT2D eigenvalue weighted by Gasteiger charge is -2.40. The zero-order chi connectivity index (χ0) is 13.9. The molecule has 1 aromatic rings. The highest BCUT2D eigenvalue weighted by molar-refractivity contribution is 5.20. The van der Waals surface area contributed by atoms with E-state index >= 15 is 0 Å². The second kappa shape index (κ2) is 6.25. The maximum absolute atomic E-state index is 3.70. The molecule has 1 aromatic carbocycles. The molecule has 3 unspecified atom stereocenters. The summed E-state index contributed by atoms with van der Waals surface area (Å²) in [5.74, 6) is 0.858. The van der Waals surface area contributed by atoms with Crippen LogP contribution < -0.4 is 5.32 Å². The molecule has 3 rings (SSSR count). The van der Waals surface area contributed by atoms with Crippen LogP contribution in [0.15, 0.2) is 30.3 Å². The van der Waals surface area contributed by atoms with Crippen molar-refractivity contribution < 1.29 is 0 Å². The number of rotatable bonds is 3. The molecule has 2 heterocycles. The maximum Gasteiger partial charge on any atom is 0.0449 e. The minimum Gasteiger partial charge on any atom is -0.307 e. The van der Waals surface area contributed by atoms with Gasteiger partial charge in [0, 0.05) is 38.3 Å². The molecule has 0 radical (unpaired) electrons. The number of nitrogens with zero attached hydrogens (tertiary/aromatic N) is 2. The van der Waals surface area contributed by atoms with Crippen LogP contribution in [0.4, 0.5) is 0 Å². The van der Waals surface area contributed by atoms with Gasteiger partial charge in [-0.05, 0) is 38.4 Å². The Hall–Kier alpha value is -0.900. The summed E-state index contributed by atoms with van der Waals surface area (Å²) in [6, 6.07) is 12.0. The standard InChI is InChI=1S/C17H27N3/c1-14-10-18-17(16-6-4-3-5-7-16)13-20(14)12-15-8-9-19(2)11-15/h3-7,14-15,17-18H,8-13H2,1-2H3. The van der Waals surface area contributed by atoms with E-state index in [2.05, 4.69) is 59.4 Å². The van der Waals surface area contributed by atoms with Gasteiger partial charge in [-0.1, -0.05) is 30.3 Å². The van der Waals surface area contributed by atoms with E-state index < -0.39 is 0 Å². The molecule has 3 atom stereocenters. The van der Waals surface area contributed by atoms with E-state index in [1.807, 2.05) is 0 Å². The van der Waals surface area contributed by atoms with Crippen LogP contribution in [0.3, 0.4) is 0 Å². The second-order valence-electron chi connectivity index (χ2n) is 6.59. The number of hydrogen-bond acceptors (Lipinski definition) is 3. The van der Waals surface area contributed by atoms with Crippen LogP contribution in [0.25, 0.3) is 0 Å². The number of hydrogen-bond donors (Lipinski definition) is 1. The lowest BCUT2D eigenvalue weighted by atomic mass is 10.00. The molecule has 0 aromatic heterocycles. The summed E-state index contributed by atoms with van der Waals surface area (Å²) in [6.07, 6.45) is 1.36. The fourth-order valence-corrected chi connectivity index (χ4v) is 3.59. The summed E-state index contributed by atoms with van der Waals surface area (Å²) in [4.78, 5) is 5.16. The molecule has 2 fully saturated rings. The minimum atomic E-state index is 0.492. The highest BCUT2D eigenvalue weighted by atomic mass is 15.2. The second-order valence-corrected chi connectivity index (χ2v) is 6.59. The average Bonchev–Trinajstić information content (AvgIpc) is 2.88. The molecular formula is C17H27N3. The largest absolute Gasteiger partial charge is 0.307 e. The van der Waals surface area contributed by atoms with Crippen molar-refractivity contribution in [2.24, 2.45) is 5.92 Å². The first kappa shape index (κ1) is 14.1. The first-order valence-electron chi connectivity index (χ1n) is 7.93. The highest BCUT2D eigenvalue weighted by Gasteiger charge is 2.29. The van der Waals surface area contributed by atoms with Gasteiger partial charge in [0.2, 0.25) is 0 Å². The van der Waals surface area contributed by atoms with E-state index in [9.17, 15) is 0 Å². The Morgan fingerprint density at radius 2 is 2.00 bits per heavy atom. The monoisotopic (exact) mass is 273 g/mol. The average molecular weight is 273 g/mol. The third-order valence-electron chi connectivity index (χ3n) is 4.88. The van der Waals surface area contributed by atoms with Crippen molar-refractivity contribution in [3.05, 3.63) is 35.9 Å². The zero-order valence-electron chi connectivity index (χ0n) is 12.8. The van der Waals surface area contributed by atoms with Gasteiger partial charge in [0.05, 0.1) is 0 Å². The van der Waals surface area contributed by atoms with Crippen LogP contribution in [-0.2, 0) is 0 Å². The van der Waals surface area contributed by atoms with Gasteiger partial charge in [0.1, 0.15) is 0 Å². The summed E-state index contributed by atoms with van der Waals surface area (Å²) >= 11 is 0.